The second-order valence-corrected chi connectivity index (χ2v) is 3.83. The van der Waals surface area contributed by atoms with Crippen LogP contribution in [-0.2, 0) is 6.54 Å². The Morgan fingerprint density at radius 3 is 2.50 bits per heavy atom. The summed E-state index contributed by atoms with van der Waals surface area (Å²) in [5, 5.41) is 0. The van der Waals surface area contributed by atoms with Gasteiger partial charge >= 0.3 is 0 Å². The lowest BCUT2D eigenvalue weighted by Crippen LogP contribution is -3.00. The molecule has 1 aromatic carbocycles. The zero-order valence-electron chi connectivity index (χ0n) is 10.3. The first-order valence-electron chi connectivity index (χ1n) is 5.41. The molecule has 0 aliphatic carbocycles. The number of imidazole rings is 1. The van der Waals surface area contributed by atoms with Crippen LogP contribution in [0.4, 0.5) is 0 Å². The standard InChI is InChI=1S/C13H14N2O2.BrH/c1-10-14-7-8-15(10)9-13(16)11-3-5-12(17-2)6-4-11;/h3-8H,9H2,1-2H3;1H. The number of aromatic nitrogens is 2. The minimum Gasteiger partial charge on any atom is -1.00 e. The Labute approximate surface area is 116 Å². The van der Waals surface area contributed by atoms with Gasteiger partial charge in [0.15, 0.2) is 6.54 Å². The van der Waals surface area contributed by atoms with Gasteiger partial charge in [0.2, 0.25) is 5.78 Å². The van der Waals surface area contributed by atoms with Crippen molar-refractivity contribution < 1.29 is 31.1 Å². The number of ketones is 1. The van der Waals surface area contributed by atoms with Crippen LogP contribution >= 0.6 is 0 Å². The van der Waals surface area contributed by atoms with E-state index in [1.54, 1.807) is 31.4 Å². The summed E-state index contributed by atoms with van der Waals surface area (Å²) in [4.78, 5) is 15.0. The lowest BCUT2D eigenvalue weighted by Gasteiger charge is -2.02. The number of methoxy groups -OCH3 is 1. The number of aryl methyl sites for hydroxylation is 1. The summed E-state index contributed by atoms with van der Waals surface area (Å²) < 4.78 is 6.93. The first kappa shape index (κ1) is 14.4. The summed E-state index contributed by atoms with van der Waals surface area (Å²) in [6.45, 7) is 2.28. The molecule has 0 aliphatic heterocycles. The smallest absolute Gasteiger partial charge is 0.251 e. The number of ether oxygens (including phenoxy) is 1. The van der Waals surface area contributed by atoms with Crippen molar-refractivity contribution >= 4 is 5.78 Å². The van der Waals surface area contributed by atoms with E-state index in [0.717, 1.165) is 11.6 Å². The van der Waals surface area contributed by atoms with Crippen molar-refractivity contribution in [3.05, 3.63) is 48.0 Å². The number of hydrogen-bond acceptors (Lipinski definition) is 2. The first-order chi connectivity index (χ1) is 8.20. The summed E-state index contributed by atoms with van der Waals surface area (Å²) in [7, 11) is 1.61. The van der Waals surface area contributed by atoms with E-state index in [-0.39, 0.29) is 22.8 Å². The number of benzene rings is 1. The Morgan fingerprint density at radius 1 is 1.33 bits per heavy atom. The largest absolute Gasteiger partial charge is 1.00 e. The third-order valence-electron chi connectivity index (χ3n) is 2.70. The highest BCUT2D eigenvalue weighted by Gasteiger charge is 2.12. The number of Topliss-reactive ketones (excluding diaryl/α,β-unsaturated/α-hetero) is 1. The molecule has 0 saturated heterocycles. The molecule has 0 saturated carbocycles. The minimum atomic E-state index is 0. The van der Waals surface area contributed by atoms with Gasteiger partial charge in [-0.25, -0.2) is 9.55 Å². The van der Waals surface area contributed by atoms with Crippen molar-refractivity contribution in [1.29, 1.82) is 0 Å². The molecular weight excluding hydrogens is 296 g/mol. The van der Waals surface area contributed by atoms with E-state index < -0.39 is 0 Å². The number of carbonyl (C=O) groups excluding carboxylic acids is 1. The van der Waals surface area contributed by atoms with Gasteiger partial charge in [-0.2, -0.15) is 0 Å². The summed E-state index contributed by atoms with van der Waals surface area (Å²) in [5.41, 5.74) is 0.693. The fourth-order valence-corrected chi connectivity index (χ4v) is 1.64. The predicted octanol–water partition coefficient (Wildman–Crippen LogP) is -1.49. The number of hydrogen-bond donors (Lipinski definition) is 1. The highest BCUT2D eigenvalue weighted by molar-refractivity contribution is 5.95. The van der Waals surface area contributed by atoms with Gasteiger partial charge in [-0.05, 0) is 24.3 Å². The third-order valence-corrected chi connectivity index (χ3v) is 2.70. The van der Waals surface area contributed by atoms with Gasteiger partial charge in [0.1, 0.15) is 18.1 Å². The van der Waals surface area contributed by atoms with Crippen LogP contribution in [0, 0.1) is 6.92 Å². The molecule has 1 aromatic heterocycles. The van der Waals surface area contributed by atoms with Crippen LogP contribution in [-0.4, -0.2) is 17.9 Å². The molecule has 1 heterocycles. The molecule has 0 unspecified atom stereocenters. The molecule has 0 fully saturated rings. The van der Waals surface area contributed by atoms with Crippen molar-refractivity contribution in [2.75, 3.05) is 7.11 Å². The van der Waals surface area contributed by atoms with Crippen LogP contribution in [0.25, 0.3) is 0 Å². The van der Waals surface area contributed by atoms with E-state index in [1.165, 1.54) is 0 Å². The molecular formula is C13H15BrN2O2. The fraction of sp³-hybridized carbons (Fsp3) is 0.231. The first-order valence-corrected chi connectivity index (χ1v) is 5.41. The Balaban J connectivity index is 0.00000162. The Bertz CT molecular complexity index is 520. The number of halogens is 1. The predicted molar refractivity (Wildman–Crippen MR) is 63.0 cm³/mol. The summed E-state index contributed by atoms with van der Waals surface area (Å²) in [6, 6.07) is 7.15. The Hall–Kier alpha value is -1.62. The van der Waals surface area contributed by atoms with Gasteiger partial charge in [-0.15, -0.1) is 0 Å². The zero-order chi connectivity index (χ0) is 12.3. The molecule has 0 spiro atoms. The summed E-state index contributed by atoms with van der Waals surface area (Å²) in [6.07, 6.45) is 3.67. The normalized spacial score (nSPS) is 9.67. The van der Waals surface area contributed by atoms with Gasteiger partial charge in [0.25, 0.3) is 5.82 Å². The molecule has 2 aromatic rings. The third kappa shape index (κ3) is 3.20. The Kier molecular flexibility index (Phi) is 5.09. The molecule has 4 nitrogen and oxygen atoms in total. The Morgan fingerprint density at radius 2 is 2.00 bits per heavy atom. The molecule has 96 valence electrons. The van der Waals surface area contributed by atoms with E-state index in [2.05, 4.69) is 4.98 Å². The summed E-state index contributed by atoms with van der Waals surface area (Å²) >= 11 is 0. The van der Waals surface area contributed by atoms with E-state index in [0.29, 0.717) is 12.1 Å². The van der Waals surface area contributed by atoms with Crippen molar-refractivity contribution in [2.45, 2.75) is 13.5 Å². The fourth-order valence-electron chi connectivity index (χ4n) is 1.64. The molecule has 0 bridgehead atoms. The van der Waals surface area contributed by atoms with Gasteiger partial charge in [-0.3, -0.25) is 4.79 Å². The number of carbonyl (C=O) groups is 1. The molecule has 18 heavy (non-hydrogen) atoms. The summed E-state index contributed by atoms with van der Waals surface area (Å²) in [5.74, 6) is 1.80. The number of nitrogens with one attached hydrogen (secondary N) is 1. The van der Waals surface area contributed by atoms with Gasteiger partial charge in [0, 0.05) is 12.5 Å². The van der Waals surface area contributed by atoms with Crippen molar-refractivity contribution in [1.82, 2.24) is 4.98 Å². The maximum Gasteiger partial charge on any atom is 0.251 e. The van der Waals surface area contributed by atoms with E-state index in [9.17, 15) is 4.79 Å². The molecule has 0 radical (unpaired) electrons. The van der Waals surface area contributed by atoms with Crippen LogP contribution in [0.3, 0.4) is 0 Å². The van der Waals surface area contributed by atoms with E-state index in [1.807, 2.05) is 23.9 Å². The van der Waals surface area contributed by atoms with Gasteiger partial charge in [-0.1, -0.05) is 0 Å². The van der Waals surface area contributed by atoms with Gasteiger partial charge in [0.05, 0.1) is 7.11 Å². The highest BCUT2D eigenvalue weighted by Crippen LogP contribution is 2.11. The van der Waals surface area contributed by atoms with E-state index in [4.69, 9.17) is 4.74 Å². The average Bonchev–Trinajstić information content (AvgIpc) is 2.75. The zero-order valence-corrected chi connectivity index (χ0v) is 11.9. The van der Waals surface area contributed by atoms with Crippen LogP contribution in [0.5, 0.6) is 5.75 Å². The molecule has 0 atom stereocenters. The van der Waals surface area contributed by atoms with E-state index >= 15 is 0 Å². The molecule has 0 amide bonds. The maximum atomic E-state index is 12.0. The van der Waals surface area contributed by atoms with Crippen molar-refractivity contribution in [3.63, 3.8) is 0 Å². The van der Waals surface area contributed by atoms with Crippen LogP contribution in [0.2, 0.25) is 0 Å². The molecule has 0 aliphatic rings. The quantitative estimate of drug-likeness (QED) is 0.552. The minimum absolute atomic E-state index is 0. The number of nitrogens with zero attached hydrogens (tertiary/aromatic N) is 1. The van der Waals surface area contributed by atoms with Gasteiger partial charge < -0.3 is 21.7 Å². The van der Waals surface area contributed by atoms with Crippen LogP contribution in [0.1, 0.15) is 16.2 Å². The lowest BCUT2D eigenvalue weighted by atomic mass is 10.1. The van der Waals surface area contributed by atoms with Crippen LogP contribution in [0.15, 0.2) is 36.7 Å². The second kappa shape index (κ2) is 6.35. The van der Waals surface area contributed by atoms with Crippen LogP contribution < -0.4 is 26.3 Å². The molecule has 5 heteroatoms. The highest BCUT2D eigenvalue weighted by atomic mass is 79.9. The topological polar surface area (TPSA) is 46.0 Å². The van der Waals surface area contributed by atoms with Crippen molar-refractivity contribution in [3.8, 4) is 5.75 Å². The van der Waals surface area contributed by atoms with Crippen molar-refractivity contribution in [2.24, 2.45) is 0 Å². The maximum absolute atomic E-state index is 12.0. The second-order valence-electron chi connectivity index (χ2n) is 3.83. The number of aromatic amines is 1. The lowest BCUT2D eigenvalue weighted by molar-refractivity contribution is -0.687. The molecule has 1 N–H and O–H groups in total. The average molecular weight is 311 g/mol. The SMILES string of the molecule is COc1ccc(C(=O)C[n+]2cc[nH]c2C)cc1.[Br-]. The number of rotatable bonds is 4. The molecule has 2 rings (SSSR count). The monoisotopic (exact) mass is 310 g/mol. The number of H-pyrrole nitrogens is 1.